The molecule has 0 aromatic heterocycles. The first-order valence-corrected chi connectivity index (χ1v) is 8.06. The number of aliphatic hydroxyl groups is 1. The van der Waals surface area contributed by atoms with Crippen LogP contribution in [0.2, 0.25) is 0 Å². The van der Waals surface area contributed by atoms with Gasteiger partial charge in [0.15, 0.2) is 0 Å². The molecule has 3 rings (SSSR count). The topological polar surface area (TPSA) is 20.2 Å². The van der Waals surface area contributed by atoms with E-state index in [0.29, 0.717) is 11.8 Å². The van der Waals surface area contributed by atoms with Crippen LogP contribution in [0.5, 0.6) is 0 Å². The average Bonchev–Trinajstić information content (AvgIpc) is 2.85. The standard InChI is InChI=1S/C18H26O/c1-2-13-10-11-15(12-13)18(19)17-9-4-3-8-16(17)14-6-5-7-14/h3-4,8-9,13-15,18-19H,2,5-7,10-12H2,1H3. The second-order valence-electron chi connectivity index (χ2n) is 6.55. The molecule has 19 heavy (non-hydrogen) atoms. The van der Waals surface area contributed by atoms with Crippen LogP contribution in [0.1, 0.15) is 75.0 Å². The minimum absolute atomic E-state index is 0.228. The molecular weight excluding hydrogens is 232 g/mol. The van der Waals surface area contributed by atoms with Gasteiger partial charge >= 0.3 is 0 Å². The molecule has 104 valence electrons. The van der Waals surface area contributed by atoms with Crippen LogP contribution in [0, 0.1) is 11.8 Å². The van der Waals surface area contributed by atoms with Gasteiger partial charge in [0.25, 0.3) is 0 Å². The van der Waals surface area contributed by atoms with Gasteiger partial charge in [-0.3, -0.25) is 0 Å². The maximum Gasteiger partial charge on any atom is 0.0821 e. The highest BCUT2D eigenvalue weighted by atomic mass is 16.3. The molecular formula is C18H26O. The van der Waals surface area contributed by atoms with Crippen LogP contribution in [0.15, 0.2) is 24.3 Å². The molecule has 1 aromatic rings. The highest BCUT2D eigenvalue weighted by Gasteiger charge is 2.32. The van der Waals surface area contributed by atoms with Crippen LogP contribution in [-0.4, -0.2) is 5.11 Å². The van der Waals surface area contributed by atoms with E-state index < -0.39 is 0 Å². The van der Waals surface area contributed by atoms with Gasteiger partial charge in [0.1, 0.15) is 0 Å². The number of aliphatic hydroxyl groups excluding tert-OH is 1. The van der Waals surface area contributed by atoms with Crippen molar-refractivity contribution in [2.75, 3.05) is 0 Å². The second kappa shape index (κ2) is 5.66. The summed E-state index contributed by atoms with van der Waals surface area (Å²) in [6.45, 7) is 2.28. The molecule has 1 nitrogen and oxygen atoms in total. The lowest BCUT2D eigenvalue weighted by molar-refractivity contribution is 0.107. The van der Waals surface area contributed by atoms with Gasteiger partial charge in [-0.05, 0) is 54.6 Å². The molecule has 0 radical (unpaired) electrons. The fourth-order valence-electron chi connectivity index (χ4n) is 3.90. The normalized spacial score (nSPS) is 29.2. The summed E-state index contributed by atoms with van der Waals surface area (Å²) in [4.78, 5) is 0. The van der Waals surface area contributed by atoms with Gasteiger partial charge in [0, 0.05) is 0 Å². The fraction of sp³-hybridized carbons (Fsp3) is 0.667. The van der Waals surface area contributed by atoms with Crippen LogP contribution in [-0.2, 0) is 0 Å². The minimum atomic E-state index is -0.228. The Labute approximate surface area is 117 Å². The number of hydrogen-bond donors (Lipinski definition) is 1. The highest BCUT2D eigenvalue weighted by Crippen LogP contribution is 2.44. The monoisotopic (exact) mass is 258 g/mol. The summed E-state index contributed by atoms with van der Waals surface area (Å²) < 4.78 is 0. The molecule has 0 amide bonds. The summed E-state index contributed by atoms with van der Waals surface area (Å²) in [5, 5.41) is 10.8. The zero-order valence-corrected chi connectivity index (χ0v) is 12.0. The Bertz CT molecular complexity index is 421. The molecule has 2 saturated carbocycles. The quantitative estimate of drug-likeness (QED) is 0.821. The van der Waals surface area contributed by atoms with Gasteiger partial charge in [-0.25, -0.2) is 0 Å². The smallest absolute Gasteiger partial charge is 0.0821 e. The number of rotatable bonds is 4. The van der Waals surface area contributed by atoms with Gasteiger partial charge in [-0.2, -0.15) is 0 Å². The largest absolute Gasteiger partial charge is 0.388 e. The number of hydrogen-bond acceptors (Lipinski definition) is 1. The van der Waals surface area contributed by atoms with E-state index in [9.17, 15) is 5.11 Å². The van der Waals surface area contributed by atoms with Crippen LogP contribution in [0.4, 0.5) is 0 Å². The first-order valence-electron chi connectivity index (χ1n) is 8.06. The SMILES string of the molecule is CCC1CCC(C(O)c2ccccc2C2CCC2)C1. The summed E-state index contributed by atoms with van der Waals surface area (Å²) in [5.41, 5.74) is 2.66. The van der Waals surface area contributed by atoms with Crippen molar-refractivity contribution in [3.8, 4) is 0 Å². The van der Waals surface area contributed by atoms with Crippen LogP contribution >= 0.6 is 0 Å². The molecule has 2 aliphatic rings. The molecule has 0 heterocycles. The summed E-state index contributed by atoms with van der Waals surface area (Å²) in [5.74, 6) is 2.05. The summed E-state index contributed by atoms with van der Waals surface area (Å²) in [6, 6.07) is 8.63. The summed E-state index contributed by atoms with van der Waals surface area (Å²) in [7, 11) is 0. The molecule has 2 fully saturated rings. The predicted molar refractivity (Wildman–Crippen MR) is 79.1 cm³/mol. The van der Waals surface area contributed by atoms with Crippen molar-refractivity contribution in [1.29, 1.82) is 0 Å². The van der Waals surface area contributed by atoms with Gasteiger partial charge < -0.3 is 5.11 Å². The van der Waals surface area contributed by atoms with E-state index in [1.165, 1.54) is 56.1 Å². The van der Waals surface area contributed by atoms with Crippen LogP contribution in [0.3, 0.4) is 0 Å². The number of benzene rings is 1. The second-order valence-corrected chi connectivity index (χ2v) is 6.55. The third kappa shape index (κ3) is 2.58. The van der Waals surface area contributed by atoms with Crippen LogP contribution < -0.4 is 0 Å². The van der Waals surface area contributed by atoms with E-state index in [1.54, 1.807) is 0 Å². The molecule has 1 heteroatoms. The van der Waals surface area contributed by atoms with E-state index in [4.69, 9.17) is 0 Å². The van der Waals surface area contributed by atoms with Gasteiger partial charge in [0.2, 0.25) is 0 Å². The Hall–Kier alpha value is -0.820. The maximum absolute atomic E-state index is 10.8. The van der Waals surface area contributed by atoms with E-state index in [-0.39, 0.29) is 6.10 Å². The third-order valence-corrected chi connectivity index (χ3v) is 5.47. The van der Waals surface area contributed by atoms with Crippen LogP contribution in [0.25, 0.3) is 0 Å². The molecule has 3 unspecified atom stereocenters. The van der Waals surface area contributed by atoms with Crippen molar-refractivity contribution in [2.45, 2.75) is 63.9 Å². The van der Waals surface area contributed by atoms with Crippen molar-refractivity contribution in [2.24, 2.45) is 11.8 Å². The van der Waals surface area contributed by atoms with E-state index in [0.717, 1.165) is 5.92 Å². The molecule has 0 spiro atoms. The summed E-state index contributed by atoms with van der Waals surface area (Å²) >= 11 is 0. The molecule has 0 bridgehead atoms. The van der Waals surface area contributed by atoms with Crippen molar-refractivity contribution >= 4 is 0 Å². The zero-order chi connectivity index (χ0) is 13.2. The first-order chi connectivity index (χ1) is 9.29. The molecule has 2 aliphatic carbocycles. The molecule has 1 N–H and O–H groups in total. The molecule has 1 aromatic carbocycles. The Balaban J connectivity index is 1.77. The van der Waals surface area contributed by atoms with Gasteiger partial charge in [-0.15, -0.1) is 0 Å². The Morgan fingerprint density at radius 1 is 1.16 bits per heavy atom. The Morgan fingerprint density at radius 2 is 1.95 bits per heavy atom. The molecule has 3 atom stereocenters. The molecule has 0 aliphatic heterocycles. The predicted octanol–water partition coefficient (Wildman–Crippen LogP) is 4.81. The van der Waals surface area contributed by atoms with E-state index in [2.05, 4.69) is 31.2 Å². The van der Waals surface area contributed by atoms with Crippen molar-refractivity contribution in [1.82, 2.24) is 0 Å². The average molecular weight is 258 g/mol. The van der Waals surface area contributed by atoms with Crippen molar-refractivity contribution < 1.29 is 5.11 Å². The Kier molecular flexibility index (Phi) is 3.93. The van der Waals surface area contributed by atoms with E-state index in [1.807, 2.05) is 0 Å². The van der Waals surface area contributed by atoms with Gasteiger partial charge in [0.05, 0.1) is 6.10 Å². The van der Waals surface area contributed by atoms with Crippen molar-refractivity contribution in [3.63, 3.8) is 0 Å². The zero-order valence-electron chi connectivity index (χ0n) is 12.0. The highest BCUT2D eigenvalue weighted by molar-refractivity contribution is 5.33. The lowest BCUT2D eigenvalue weighted by atomic mass is 9.76. The molecule has 0 saturated heterocycles. The fourth-order valence-corrected chi connectivity index (χ4v) is 3.90. The lowest BCUT2D eigenvalue weighted by Gasteiger charge is -2.30. The third-order valence-electron chi connectivity index (χ3n) is 5.47. The lowest BCUT2D eigenvalue weighted by Crippen LogP contribution is -2.16. The maximum atomic E-state index is 10.8. The van der Waals surface area contributed by atoms with E-state index >= 15 is 0 Å². The minimum Gasteiger partial charge on any atom is -0.388 e. The first kappa shape index (κ1) is 13.2. The van der Waals surface area contributed by atoms with Crippen molar-refractivity contribution in [3.05, 3.63) is 35.4 Å². The Morgan fingerprint density at radius 3 is 2.58 bits per heavy atom. The summed E-state index contributed by atoms with van der Waals surface area (Å²) in [6.07, 6.45) is 8.76. The van der Waals surface area contributed by atoms with Gasteiger partial charge in [-0.1, -0.05) is 50.5 Å².